The van der Waals surface area contributed by atoms with Crippen LogP contribution in [-0.2, 0) is 10.0 Å². The number of sulfonamides is 1. The van der Waals surface area contributed by atoms with Gasteiger partial charge in [0.25, 0.3) is 0 Å². The first-order chi connectivity index (χ1) is 12.6. The maximum absolute atomic E-state index is 13.3. The van der Waals surface area contributed by atoms with E-state index in [1.54, 1.807) is 34.9 Å². The highest BCUT2D eigenvalue weighted by atomic mass is 32.2. The van der Waals surface area contributed by atoms with Gasteiger partial charge in [-0.2, -0.15) is 4.31 Å². The molecule has 136 valence electrons. The molecule has 4 rings (SSSR count). The van der Waals surface area contributed by atoms with Crippen LogP contribution in [0.25, 0.3) is 10.8 Å². The number of hydrogen-bond acceptors (Lipinski definition) is 7. The van der Waals surface area contributed by atoms with Gasteiger partial charge in [0.05, 0.1) is 4.90 Å². The van der Waals surface area contributed by atoms with E-state index in [1.807, 2.05) is 13.0 Å². The minimum absolute atomic E-state index is 0.345. The van der Waals surface area contributed by atoms with Gasteiger partial charge in [-0.1, -0.05) is 23.5 Å². The summed E-state index contributed by atoms with van der Waals surface area (Å²) in [5.41, 5.74) is 0. The van der Waals surface area contributed by atoms with Crippen LogP contribution in [0.5, 0.6) is 0 Å². The summed E-state index contributed by atoms with van der Waals surface area (Å²) in [4.78, 5) is 6.55. The van der Waals surface area contributed by atoms with Crippen LogP contribution in [0.4, 0.5) is 5.13 Å². The first-order valence-electron chi connectivity index (χ1n) is 8.44. The Hall–Kier alpha value is -2.10. The van der Waals surface area contributed by atoms with Crippen LogP contribution in [0.2, 0.25) is 0 Å². The molecule has 1 aliphatic rings. The number of fused-ring (bicyclic) bond motifs is 1. The summed E-state index contributed by atoms with van der Waals surface area (Å²) < 4.78 is 28.1. The van der Waals surface area contributed by atoms with Gasteiger partial charge in [-0.25, -0.2) is 8.42 Å². The molecule has 7 nitrogen and oxygen atoms in total. The summed E-state index contributed by atoms with van der Waals surface area (Å²) >= 11 is 1.54. The second-order valence-electron chi connectivity index (χ2n) is 6.20. The average Bonchev–Trinajstić information content (AvgIpc) is 2.92. The molecule has 1 aliphatic heterocycles. The number of benzene rings is 1. The third-order valence-corrected chi connectivity index (χ3v) is 7.36. The lowest BCUT2D eigenvalue weighted by atomic mass is 10.2. The monoisotopic (exact) mass is 389 g/mol. The molecule has 0 radical (unpaired) electrons. The lowest BCUT2D eigenvalue weighted by molar-refractivity contribution is 0.433. The van der Waals surface area contributed by atoms with Gasteiger partial charge in [0.15, 0.2) is 0 Å². The summed E-state index contributed by atoms with van der Waals surface area (Å²) in [6, 6.07) is 7.08. The zero-order chi connectivity index (χ0) is 18.1. The molecule has 0 unspecified atom stereocenters. The maximum Gasteiger partial charge on any atom is 0.243 e. The Morgan fingerprint density at radius 3 is 2.77 bits per heavy atom. The third kappa shape index (κ3) is 3.17. The Morgan fingerprint density at radius 1 is 1.08 bits per heavy atom. The Kier molecular flexibility index (Phi) is 4.60. The number of aromatic nitrogens is 3. The Balaban J connectivity index is 1.62. The number of pyridine rings is 1. The van der Waals surface area contributed by atoms with E-state index in [0.29, 0.717) is 29.9 Å². The standard InChI is InChI=1S/C17H19N5O2S2/c1-13-19-20-17(25-13)21-8-3-9-22(11-10-21)26(23,24)16-5-2-4-14-12-18-7-6-15(14)16/h2,4-7,12H,3,8-11H2,1H3. The normalized spacial score (nSPS) is 16.7. The molecule has 2 aromatic heterocycles. The highest BCUT2D eigenvalue weighted by molar-refractivity contribution is 7.89. The van der Waals surface area contributed by atoms with Crippen molar-refractivity contribution in [2.45, 2.75) is 18.2 Å². The van der Waals surface area contributed by atoms with E-state index in [-0.39, 0.29) is 0 Å². The van der Waals surface area contributed by atoms with Crippen molar-refractivity contribution in [1.29, 1.82) is 0 Å². The average molecular weight is 390 g/mol. The zero-order valence-corrected chi connectivity index (χ0v) is 16.0. The van der Waals surface area contributed by atoms with E-state index in [2.05, 4.69) is 20.1 Å². The van der Waals surface area contributed by atoms with Gasteiger partial charge in [0.2, 0.25) is 15.2 Å². The second-order valence-corrected chi connectivity index (χ2v) is 9.27. The fourth-order valence-electron chi connectivity index (χ4n) is 3.20. The molecule has 9 heteroatoms. The van der Waals surface area contributed by atoms with Gasteiger partial charge < -0.3 is 4.90 Å². The Labute approximate surface area is 156 Å². The van der Waals surface area contributed by atoms with Gasteiger partial charge in [-0.15, -0.1) is 10.2 Å². The van der Waals surface area contributed by atoms with Crippen LogP contribution < -0.4 is 4.90 Å². The van der Waals surface area contributed by atoms with Crippen molar-refractivity contribution in [2.24, 2.45) is 0 Å². The van der Waals surface area contributed by atoms with Crippen molar-refractivity contribution >= 4 is 37.3 Å². The predicted octanol–water partition coefficient (Wildman–Crippen LogP) is 2.30. The number of aryl methyl sites for hydroxylation is 1. The largest absolute Gasteiger partial charge is 0.345 e. The van der Waals surface area contributed by atoms with Crippen molar-refractivity contribution < 1.29 is 8.42 Å². The molecule has 0 spiro atoms. The van der Waals surface area contributed by atoms with E-state index in [0.717, 1.165) is 28.5 Å². The Bertz CT molecular complexity index is 1030. The van der Waals surface area contributed by atoms with E-state index < -0.39 is 10.0 Å². The summed E-state index contributed by atoms with van der Waals surface area (Å²) in [7, 11) is -3.57. The van der Waals surface area contributed by atoms with Crippen LogP contribution in [0.1, 0.15) is 11.4 Å². The minimum atomic E-state index is -3.57. The fourth-order valence-corrected chi connectivity index (χ4v) is 5.62. The van der Waals surface area contributed by atoms with Crippen molar-refractivity contribution in [3.05, 3.63) is 41.7 Å². The lowest BCUT2D eigenvalue weighted by Gasteiger charge is -2.21. The molecule has 0 N–H and O–H groups in total. The van der Waals surface area contributed by atoms with Gasteiger partial charge >= 0.3 is 0 Å². The minimum Gasteiger partial charge on any atom is -0.345 e. The summed E-state index contributed by atoms with van der Waals surface area (Å²) in [5.74, 6) is 0. The molecule has 1 saturated heterocycles. The van der Waals surface area contributed by atoms with E-state index >= 15 is 0 Å². The lowest BCUT2D eigenvalue weighted by Crippen LogP contribution is -2.35. The Morgan fingerprint density at radius 2 is 1.96 bits per heavy atom. The van der Waals surface area contributed by atoms with Crippen LogP contribution in [0.15, 0.2) is 41.6 Å². The highest BCUT2D eigenvalue weighted by Gasteiger charge is 2.29. The number of rotatable bonds is 3. The van der Waals surface area contributed by atoms with Crippen LogP contribution >= 0.6 is 11.3 Å². The van der Waals surface area contributed by atoms with E-state index in [1.165, 1.54) is 11.3 Å². The molecule has 0 aliphatic carbocycles. The first kappa shape index (κ1) is 17.3. The molecule has 0 bridgehead atoms. The molecule has 26 heavy (non-hydrogen) atoms. The molecule has 3 heterocycles. The molecule has 3 aromatic rings. The van der Waals surface area contributed by atoms with Gasteiger partial charge in [0.1, 0.15) is 5.01 Å². The van der Waals surface area contributed by atoms with Crippen molar-refractivity contribution in [3.8, 4) is 0 Å². The SMILES string of the molecule is Cc1nnc(N2CCCN(S(=O)(=O)c3cccc4cnccc34)CC2)s1. The fraction of sp³-hybridized carbons (Fsp3) is 0.353. The topological polar surface area (TPSA) is 79.3 Å². The van der Waals surface area contributed by atoms with Crippen molar-refractivity contribution in [1.82, 2.24) is 19.5 Å². The second kappa shape index (κ2) is 6.90. The first-order valence-corrected chi connectivity index (χ1v) is 10.7. The van der Waals surface area contributed by atoms with Gasteiger partial charge in [-0.05, 0) is 25.5 Å². The van der Waals surface area contributed by atoms with E-state index in [4.69, 9.17) is 0 Å². The third-order valence-electron chi connectivity index (χ3n) is 4.50. The van der Waals surface area contributed by atoms with Crippen LogP contribution in [0.3, 0.4) is 0 Å². The summed E-state index contributed by atoms with van der Waals surface area (Å²) in [6.07, 6.45) is 4.07. The predicted molar refractivity (Wildman–Crippen MR) is 102 cm³/mol. The van der Waals surface area contributed by atoms with Gasteiger partial charge in [-0.3, -0.25) is 4.98 Å². The highest BCUT2D eigenvalue weighted by Crippen LogP contribution is 2.27. The number of nitrogens with zero attached hydrogens (tertiary/aromatic N) is 5. The summed E-state index contributed by atoms with van der Waals surface area (Å²) in [5, 5.41) is 11.6. The van der Waals surface area contributed by atoms with Crippen LogP contribution in [-0.4, -0.2) is 54.1 Å². The maximum atomic E-state index is 13.3. The van der Waals surface area contributed by atoms with E-state index in [9.17, 15) is 8.42 Å². The quantitative estimate of drug-likeness (QED) is 0.684. The van der Waals surface area contributed by atoms with Gasteiger partial charge in [0, 0.05) is 49.3 Å². The molecular weight excluding hydrogens is 370 g/mol. The summed E-state index contributed by atoms with van der Waals surface area (Å²) in [6.45, 7) is 4.24. The van der Waals surface area contributed by atoms with Crippen molar-refractivity contribution in [2.75, 3.05) is 31.1 Å². The molecule has 1 aromatic carbocycles. The molecule has 0 amide bonds. The van der Waals surface area contributed by atoms with Crippen LogP contribution in [0, 0.1) is 6.92 Å². The smallest absolute Gasteiger partial charge is 0.243 e. The number of anilines is 1. The van der Waals surface area contributed by atoms with Crippen molar-refractivity contribution in [3.63, 3.8) is 0 Å². The molecular formula is C17H19N5O2S2. The molecule has 1 fully saturated rings. The zero-order valence-electron chi connectivity index (χ0n) is 14.4. The molecule has 0 saturated carbocycles. The molecule has 0 atom stereocenters. The number of hydrogen-bond donors (Lipinski definition) is 0.